The van der Waals surface area contributed by atoms with Crippen LogP contribution >= 0.6 is 11.3 Å². The smallest absolute Gasteiger partial charge is 0.00896 e. The fraction of sp³-hybridized carbons (Fsp3) is 0.765. The van der Waals surface area contributed by atoms with Crippen molar-refractivity contribution < 1.29 is 0 Å². The number of hydrogen-bond donors (Lipinski definition) is 1. The standard InChI is InChI=1S/C17H29NS/c1-13(12-16-6-5-11-19-16)18-15-9-7-14(8-10-15)17(2,3)4/h5-6,11,13-15,18H,7-10,12H2,1-4H3. The van der Waals surface area contributed by atoms with Crippen molar-refractivity contribution in [3.05, 3.63) is 22.4 Å². The third-order valence-electron chi connectivity index (χ3n) is 4.56. The first kappa shape index (κ1) is 15.1. The Labute approximate surface area is 122 Å². The topological polar surface area (TPSA) is 12.0 Å². The molecule has 1 unspecified atom stereocenters. The molecule has 1 N–H and O–H groups in total. The van der Waals surface area contributed by atoms with Gasteiger partial charge in [0.25, 0.3) is 0 Å². The molecule has 2 heteroatoms. The normalized spacial score (nSPS) is 26.3. The Morgan fingerprint density at radius 2 is 1.95 bits per heavy atom. The highest BCUT2D eigenvalue weighted by Crippen LogP contribution is 2.37. The van der Waals surface area contributed by atoms with Gasteiger partial charge >= 0.3 is 0 Å². The second kappa shape index (κ2) is 6.41. The lowest BCUT2D eigenvalue weighted by molar-refractivity contribution is 0.157. The maximum Gasteiger partial charge on any atom is 0.00896 e. The van der Waals surface area contributed by atoms with Gasteiger partial charge in [-0.3, -0.25) is 0 Å². The monoisotopic (exact) mass is 279 g/mol. The molecular weight excluding hydrogens is 250 g/mol. The van der Waals surface area contributed by atoms with E-state index in [4.69, 9.17) is 0 Å². The summed E-state index contributed by atoms with van der Waals surface area (Å²) >= 11 is 1.88. The van der Waals surface area contributed by atoms with E-state index in [1.165, 1.54) is 37.0 Å². The third kappa shape index (κ3) is 4.61. The van der Waals surface area contributed by atoms with Crippen molar-refractivity contribution in [2.24, 2.45) is 11.3 Å². The molecule has 108 valence electrons. The van der Waals surface area contributed by atoms with Crippen LogP contribution in [0.4, 0.5) is 0 Å². The largest absolute Gasteiger partial charge is 0.311 e. The first-order valence-electron chi connectivity index (χ1n) is 7.73. The van der Waals surface area contributed by atoms with E-state index >= 15 is 0 Å². The van der Waals surface area contributed by atoms with Crippen molar-refractivity contribution >= 4 is 11.3 Å². The van der Waals surface area contributed by atoms with Crippen LogP contribution in [0.1, 0.15) is 58.3 Å². The quantitative estimate of drug-likeness (QED) is 0.829. The van der Waals surface area contributed by atoms with Gasteiger partial charge in [-0.1, -0.05) is 26.8 Å². The fourth-order valence-corrected chi connectivity index (χ4v) is 4.15. The van der Waals surface area contributed by atoms with Crippen LogP contribution in [0, 0.1) is 11.3 Å². The van der Waals surface area contributed by atoms with E-state index in [9.17, 15) is 0 Å². The molecule has 0 spiro atoms. The van der Waals surface area contributed by atoms with E-state index in [1.807, 2.05) is 11.3 Å². The predicted octanol–water partition coefficient (Wildman–Crippen LogP) is 4.87. The summed E-state index contributed by atoms with van der Waals surface area (Å²) in [7, 11) is 0. The minimum atomic E-state index is 0.494. The van der Waals surface area contributed by atoms with Gasteiger partial charge in [0.15, 0.2) is 0 Å². The Hall–Kier alpha value is -0.340. The minimum absolute atomic E-state index is 0.494. The highest BCUT2D eigenvalue weighted by Gasteiger charge is 2.29. The first-order valence-corrected chi connectivity index (χ1v) is 8.61. The summed E-state index contributed by atoms with van der Waals surface area (Å²) < 4.78 is 0. The van der Waals surface area contributed by atoms with Gasteiger partial charge in [-0.05, 0) is 61.8 Å². The summed E-state index contributed by atoms with van der Waals surface area (Å²) in [6.45, 7) is 9.51. The maximum atomic E-state index is 3.84. The molecule has 1 aliphatic carbocycles. The summed E-state index contributed by atoms with van der Waals surface area (Å²) in [5.74, 6) is 0.915. The van der Waals surface area contributed by atoms with Crippen molar-refractivity contribution in [1.29, 1.82) is 0 Å². The van der Waals surface area contributed by atoms with Crippen molar-refractivity contribution in [3.8, 4) is 0 Å². The molecule has 0 bridgehead atoms. The first-order chi connectivity index (χ1) is 8.95. The van der Waals surface area contributed by atoms with E-state index in [-0.39, 0.29) is 0 Å². The van der Waals surface area contributed by atoms with Crippen LogP contribution in [0.3, 0.4) is 0 Å². The van der Waals surface area contributed by atoms with E-state index in [2.05, 4.69) is 50.5 Å². The summed E-state index contributed by atoms with van der Waals surface area (Å²) in [4.78, 5) is 1.50. The molecule has 0 saturated heterocycles. The molecular formula is C17H29NS. The molecule has 0 aromatic carbocycles. The van der Waals surface area contributed by atoms with Crippen LogP contribution < -0.4 is 5.32 Å². The number of thiophene rings is 1. The molecule has 0 radical (unpaired) electrons. The summed E-state index contributed by atoms with van der Waals surface area (Å²) in [6, 6.07) is 5.75. The Kier molecular flexibility index (Phi) is 5.08. The van der Waals surface area contributed by atoms with Crippen molar-refractivity contribution in [2.75, 3.05) is 0 Å². The minimum Gasteiger partial charge on any atom is -0.311 e. The molecule has 1 nitrogen and oxygen atoms in total. The lowest BCUT2D eigenvalue weighted by atomic mass is 9.71. The van der Waals surface area contributed by atoms with Crippen molar-refractivity contribution in [2.45, 2.75) is 71.9 Å². The second-order valence-corrected chi connectivity index (χ2v) is 8.30. The highest BCUT2D eigenvalue weighted by atomic mass is 32.1. The van der Waals surface area contributed by atoms with Gasteiger partial charge in [-0.25, -0.2) is 0 Å². The second-order valence-electron chi connectivity index (χ2n) is 7.27. The zero-order chi connectivity index (χ0) is 13.9. The fourth-order valence-electron chi connectivity index (χ4n) is 3.32. The van der Waals surface area contributed by atoms with Crippen LogP contribution in [0.5, 0.6) is 0 Å². The highest BCUT2D eigenvalue weighted by molar-refractivity contribution is 7.09. The molecule has 1 atom stereocenters. The summed E-state index contributed by atoms with van der Waals surface area (Å²) in [5, 5.41) is 6.01. The Balaban J connectivity index is 1.73. The molecule has 1 aliphatic rings. The molecule has 1 aromatic heterocycles. The Bertz CT molecular complexity index is 355. The van der Waals surface area contributed by atoms with E-state index < -0.39 is 0 Å². The maximum absolute atomic E-state index is 3.84. The van der Waals surface area contributed by atoms with E-state index in [0.717, 1.165) is 12.0 Å². The van der Waals surface area contributed by atoms with Gasteiger partial charge in [0, 0.05) is 17.0 Å². The van der Waals surface area contributed by atoms with Crippen LogP contribution in [-0.4, -0.2) is 12.1 Å². The van der Waals surface area contributed by atoms with Gasteiger partial charge < -0.3 is 5.32 Å². The molecule has 19 heavy (non-hydrogen) atoms. The van der Waals surface area contributed by atoms with E-state index in [0.29, 0.717) is 11.5 Å². The van der Waals surface area contributed by atoms with Crippen LogP contribution in [-0.2, 0) is 6.42 Å². The lowest BCUT2D eigenvalue weighted by Gasteiger charge is -2.38. The average molecular weight is 279 g/mol. The summed E-state index contributed by atoms with van der Waals surface area (Å²) in [5.41, 5.74) is 0.494. The van der Waals surface area contributed by atoms with Crippen LogP contribution in [0.25, 0.3) is 0 Å². The van der Waals surface area contributed by atoms with Crippen molar-refractivity contribution in [3.63, 3.8) is 0 Å². The molecule has 2 rings (SSSR count). The lowest BCUT2D eigenvalue weighted by Crippen LogP contribution is -2.41. The van der Waals surface area contributed by atoms with Crippen LogP contribution in [0.15, 0.2) is 17.5 Å². The predicted molar refractivity (Wildman–Crippen MR) is 85.8 cm³/mol. The van der Waals surface area contributed by atoms with Gasteiger partial charge in [0.2, 0.25) is 0 Å². The molecule has 0 amide bonds. The van der Waals surface area contributed by atoms with Crippen LogP contribution in [0.2, 0.25) is 0 Å². The average Bonchev–Trinajstić information content (AvgIpc) is 2.81. The Morgan fingerprint density at radius 3 is 2.47 bits per heavy atom. The van der Waals surface area contributed by atoms with E-state index in [1.54, 1.807) is 0 Å². The number of nitrogens with one attached hydrogen (secondary N) is 1. The van der Waals surface area contributed by atoms with Crippen molar-refractivity contribution in [1.82, 2.24) is 5.32 Å². The third-order valence-corrected chi connectivity index (χ3v) is 5.46. The van der Waals surface area contributed by atoms with Gasteiger partial charge in [-0.2, -0.15) is 0 Å². The summed E-state index contributed by atoms with van der Waals surface area (Å²) in [6.07, 6.45) is 6.68. The molecule has 1 heterocycles. The molecule has 1 saturated carbocycles. The zero-order valence-electron chi connectivity index (χ0n) is 12.9. The molecule has 1 aromatic rings. The van der Waals surface area contributed by atoms with Gasteiger partial charge in [0.05, 0.1) is 0 Å². The Morgan fingerprint density at radius 1 is 1.26 bits per heavy atom. The number of rotatable bonds is 4. The van der Waals surface area contributed by atoms with Gasteiger partial charge in [0.1, 0.15) is 0 Å². The van der Waals surface area contributed by atoms with Gasteiger partial charge in [-0.15, -0.1) is 11.3 Å². The number of hydrogen-bond acceptors (Lipinski definition) is 2. The SMILES string of the molecule is CC(Cc1cccs1)NC1CCC(C(C)(C)C)CC1. The molecule has 0 aliphatic heterocycles. The molecule has 1 fully saturated rings. The zero-order valence-corrected chi connectivity index (χ0v) is 13.7.